The third-order valence-electron chi connectivity index (χ3n) is 3.94. The zero-order valence-corrected chi connectivity index (χ0v) is 14.2. The second kappa shape index (κ2) is 11.0. The molecule has 1 aromatic rings. The summed E-state index contributed by atoms with van der Waals surface area (Å²) in [6.07, 6.45) is 3.37. The zero-order valence-electron chi connectivity index (χ0n) is 13.3. The minimum Gasteiger partial charge on any atom is -0.356 e. The number of rotatable bonds is 8. The van der Waals surface area contributed by atoms with Crippen molar-refractivity contribution in [2.24, 2.45) is 5.92 Å². The molecule has 1 aromatic carbocycles. The molecule has 1 saturated heterocycles. The molecule has 5 nitrogen and oxygen atoms in total. The molecule has 1 unspecified atom stereocenters. The first-order valence-corrected chi connectivity index (χ1v) is 8.06. The molecule has 1 fully saturated rings. The Morgan fingerprint density at radius 1 is 1.13 bits per heavy atom. The fourth-order valence-electron chi connectivity index (χ4n) is 2.61. The van der Waals surface area contributed by atoms with Crippen LogP contribution in [0.15, 0.2) is 30.3 Å². The lowest BCUT2D eigenvalue weighted by Gasteiger charge is -2.09. The maximum atomic E-state index is 11.8. The van der Waals surface area contributed by atoms with Gasteiger partial charge in [-0.05, 0) is 50.4 Å². The number of benzene rings is 1. The predicted molar refractivity (Wildman–Crippen MR) is 93.9 cm³/mol. The van der Waals surface area contributed by atoms with Crippen molar-refractivity contribution < 1.29 is 9.59 Å². The summed E-state index contributed by atoms with van der Waals surface area (Å²) in [6, 6.07) is 9.10. The van der Waals surface area contributed by atoms with Gasteiger partial charge in [-0.2, -0.15) is 0 Å². The van der Waals surface area contributed by atoms with E-state index in [-0.39, 0.29) is 24.2 Å². The first kappa shape index (κ1) is 19.5. The van der Waals surface area contributed by atoms with E-state index >= 15 is 0 Å². The predicted octanol–water partition coefficient (Wildman–Crippen LogP) is 1.73. The molecule has 0 saturated carbocycles. The van der Waals surface area contributed by atoms with Crippen molar-refractivity contribution in [2.75, 3.05) is 26.2 Å². The Morgan fingerprint density at radius 2 is 1.91 bits per heavy atom. The third-order valence-corrected chi connectivity index (χ3v) is 3.94. The van der Waals surface area contributed by atoms with Gasteiger partial charge in [0.15, 0.2) is 0 Å². The first-order chi connectivity index (χ1) is 10.8. The smallest absolute Gasteiger partial charge is 0.251 e. The Labute approximate surface area is 144 Å². The number of amides is 2. The number of hydrogen-bond donors (Lipinski definition) is 3. The Morgan fingerprint density at radius 3 is 2.61 bits per heavy atom. The van der Waals surface area contributed by atoms with Gasteiger partial charge in [-0.1, -0.05) is 18.2 Å². The summed E-state index contributed by atoms with van der Waals surface area (Å²) in [5.41, 5.74) is 0.650. The fraction of sp³-hybridized carbons (Fsp3) is 0.529. The van der Waals surface area contributed by atoms with E-state index in [1.165, 1.54) is 6.42 Å². The Kier molecular flexibility index (Phi) is 9.33. The molecule has 23 heavy (non-hydrogen) atoms. The van der Waals surface area contributed by atoms with Crippen molar-refractivity contribution in [1.82, 2.24) is 16.0 Å². The first-order valence-electron chi connectivity index (χ1n) is 8.06. The molecule has 0 aromatic heterocycles. The van der Waals surface area contributed by atoms with Crippen LogP contribution in [0.3, 0.4) is 0 Å². The average molecular weight is 340 g/mol. The van der Waals surface area contributed by atoms with Gasteiger partial charge in [-0.25, -0.2) is 0 Å². The zero-order chi connectivity index (χ0) is 15.6. The van der Waals surface area contributed by atoms with E-state index < -0.39 is 0 Å². The number of halogens is 1. The van der Waals surface area contributed by atoms with E-state index in [1.54, 1.807) is 12.1 Å². The number of carbonyl (C=O) groups is 2. The largest absolute Gasteiger partial charge is 0.356 e. The van der Waals surface area contributed by atoms with Gasteiger partial charge in [-0.3, -0.25) is 9.59 Å². The summed E-state index contributed by atoms with van der Waals surface area (Å²) >= 11 is 0. The van der Waals surface area contributed by atoms with Crippen molar-refractivity contribution in [3.63, 3.8) is 0 Å². The Hall–Kier alpha value is -1.59. The van der Waals surface area contributed by atoms with E-state index in [9.17, 15) is 9.59 Å². The molecule has 0 spiro atoms. The molecule has 128 valence electrons. The van der Waals surface area contributed by atoms with Crippen molar-refractivity contribution in [3.8, 4) is 0 Å². The molecule has 0 radical (unpaired) electrons. The lowest BCUT2D eigenvalue weighted by atomic mass is 10.1. The number of nitrogens with one attached hydrogen (secondary N) is 3. The average Bonchev–Trinajstić information content (AvgIpc) is 3.05. The molecule has 1 heterocycles. The number of hydrogen-bond acceptors (Lipinski definition) is 3. The minimum atomic E-state index is -0.0882. The maximum Gasteiger partial charge on any atom is 0.251 e. The molecule has 6 heteroatoms. The van der Waals surface area contributed by atoms with E-state index in [0.717, 1.165) is 26.1 Å². The Balaban J connectivity index is 0.00000264. The van der Waals surface area contributed by atoms with Gasteiger partial charge in [0.05, 0.1) is 0 Å². The van der Waals surface area contributed by atoms with E-state index in [2.05, 4.69) is 16.0 Å². The topological polar surface area (TPSA) is 70.2 Å². The monoisotopic (exact) mass is 339 g/mol. The van der Waals surface area contributed by atoms with Crippen LogP contribution < -0.4 is 16.0 Å². The van der Waals surface area contributed by atoms with Crippen LogP contribution in [0.25, 0.3) is 0 Å². The van der Waals surface area contributed by atoms with Crippen LogP contribution in [0.4, 0.5) is 0 Å². The molecule has 2 amide bonds. The molecule has 3 N–H and O–H groups in total. The second-order valence-electron chi connectivity index (χ2n) is 5.72. The molecule has 0 aliphatic carbocycles. The summed E-state index contributed by atoms with van der Waals surface area (Å²) in [4.78, 5) is 23.5. The van der Waals surface area contributed by atoms with Crippen LogP contribution in [-0.4, -0.2) is 38.0 Å². The molecular weight excluding hydrogens is 314 g/mol. The van der Waals surface area contributed by atoms with Crippen LogP contribution in [0.1, 0.15) is 36.0 Å². The summed E-state index contributed by atoms with van der Waals surface area (Å²) < 4.78 is 0. The van der Waals surface area contributed by atoms with Crippen LogP contribution in [0.2, 0.25) is 0 Å². The normalized spacial score (nSPS) is 16.4. The lowest BCUT2D eigenvalue weighted by molar-refractivity contribution is -0.121. The minimum absolute atomic E-state index is 0. The van der Waals surface area contributed by atoms with Crippen molar-refractivity contribution in [2.45, 2.75) is 25.7 Å². The quantitative estimate of drug-likeness (QED) is 0.632. The molecule has 1 aliphatic rings. The molecule has 1 aliphatic heterocycles. The molecular formula is C17H26ClN3O2. The van der Waals surface area contributed by atoms with Gasteiger partial charge in [-0.15, -0.1) is 12.4 Å². The molecule has 2 rings (SSSR count). The standard InChI is InChI=1S/C17H25N3O2.ClH/c21-16(19-12-9-14-8-11-18-13-14)7-4-10-20-17(22)15-5-2-1-3-6-15;/h1-3,5-6,14,18H,4,7-13H2,(H,19,21)(H,20,22);1H. The molecule has 0 bridgehead atoms. The van der Waals surface area contributed by atoms with E-state index in [0.29, 0.717) is 30.9 Å². The van der Waals surface area contributed by atoms with Gasteiger partial charge in [0.25, 0.3) is 5.91 Å². The van der Waals surface area contributed by atoms with Gasteiger partial charge in [0.2, 0.25) is 5.91 Å². The second-order valence-corrected chi connectivity index (χ2v) is 5.72. The van der Waals surface area contributed by atoms with Crippen molar-refractivity contribution in [3.05, 3.63) is 35.9 Å². The van der Waals surface area contributed by atoms with Crippen LogP contribution in [-0.2, 0) is 4.79 Å². The highest BCUT2D eigenvalue weighted by molar-refractivity contribution is 5.94. The summed E-state index contributed by atoms with van der Waals surface area (Å²) in [5, 5.41) is 9.10. The highest BCUT2D eigenvalue weighted by Gasteiger charge is 2.14. The van der Waals surface area contributed by atoms with Crippen LogP contribution in [0.5, 0.6) is 0 Å². The van der Waals surface area contributed by atoms with Gasteiger partial charge in [0.1, 0.15) is 0 Å². The van der Waals surface area contributed by atoms with Gasteiger partial charge >= 0.3 is 0 Å². The fourth-order valence-corrected chi connectivity index (χ4v) is 2.61. The van der Waals surface area contributed by atoms with E-state index in [4.69, 9.17) is 0 Å². The maximum absolute atomic E-state index is 11.8. The Bertz CT molecular complexity index is 476. The summed E-state index contributed by atoms with van der Waals surface area (Å²) in [5.74, 6) is 0.681. The number of carbonyl (C=O) groups excluding carboxylic acids is 2. The van der Waals surface area contributed by atoms with E-state index in [1.807, 2.05) is 18.2 Å². The van der Waals surface area contributed by atoms with Crippen LogP contribution in [0, 0.1) is 5.92 Å². The van der Waals surface area contributed by atoms with Gasteiger partial charge < -0.3 is 16.0 Å². The summed E-state index contributed by atoms with van der Waals surface area (Å²) in [6.45, 7) is 3.44. The highest BCUT2D eigenvalue weighted by atomic mass is 35.5. The SMILES string of the molecule is Cl.O=C(CCCNC(=O)c1ccccc1)NCCC1CCNC1. The van der Waals surface area contributed by atoms with Gasteiger partial charge in [0, 0.05) is 25.1 Å². The van der Waals surface area contributed by atoms with Crippen LogP contribution >= 0.6 is 12.4 Å². The third kappa shape index (κ3) is 7.48. The van der Waals surface area contributed by atoms with Crippen molar-refractivity contribution in [1.29, 1.82) is 0 Å². The summed E-state index contributed by atoms with van der Waals surface area (Å²) in [7, 11) is 0. The molecule has 1 atom stereocenters. The lowest BCUT2D eigenvalue weighted by Crippen LogP contribution is -2.28. The highest BCUT2D eigenvalue weighted by Crippen LogP contribution is 2.10. The van der Waals surface area contributed by atoms with Crippen molar-refractivity contribution >= 4 is 24.2 Å².